The maximum Gasteiger partial charge on any atom is 0.0615 e. The monoisotopic (exact) mass is 231 g/mol. The second kappa shape index (κ2) is 8.43. The van der Waals surface area contributed by atoms with Crippen LogP contribution in [0.4, 0.5) is 0 Å². The quantitative estimate of drug-likeness (QED) is 0.694. The van der Waals surface area contributed by atoms with E-state index in [-0.39, 0.29) is 0 Å². The van der Waals surface area contributed by atoms with E-state index in [9.17, 15) is 0 Å². The molecule has 1 saturated heterocycles. The highest BCUT2D eigenvalue weighted by Crippen LogP contribution is 2.25. The van der Waals surface area contributed by atoms with E-state index >= 15 is 0 Å². The predicted molar refractivity (Wildman–Crippen MR) is 68.7 cm³/mol. The third-order valence-corrected chi connectivity index (χ3v) is 4.33. The number of thioether (sulfide) groups is 1. The van der Waals surface area contributed by atoms with Crippen LogP contribution in [-0.4, -0.2) is 37.3 Å². The highest BCUT2D eigenvalue weighted by molar-refractivity contribution is 8.00. The molecule has 1 fully saturated rings. The molecule has 2 nitrogen and oxygen atoms in total. The van der Waals surface area contributed by atoms with Crippen molar-refractivity contribution < 1.29 is 4.74 Å². The summed E-state index contributed by atoms with van der Waals surface area (Å²) in [6, 6.07) is 0.566. The largest absolute Gasteiger partial charge is 0.383 e. The lowest BCUT2D eigenvalue weighted by Gasteiger charge is -2.19. The molecule has 1 aliphatic heterocycles. The number of hydrogen-bond donors (Lipinski definition) is 1. The average Bonchev–Trinajstić information content (AvgIpc) is 2.75. The fraction of sp³-hybridized carbons (Fsp3) is 1.00. The fourth-order valence-corrected chi connectivity index (χ4v) is 3.21. The Bertz CT molecular complexity index is 149. The molecule has 15 heavy (non-hydrogen) atoms. The van der Waals surface area contributed by atoms with Gasteiger partial charge >= 0.3 is 0 Å². The Kier molecular flexibility index (Phi) is 7.49. The number of methoxy groups -OCH3 is 1. The van der Waals surface area contributed by atoms with Crippen LogP contribution in [0.25, 0.3) is 0 Å². The molecule has 3 heteroatoms. The lowest BCUT2D eigenvalue weighted by atomic mass is 10.1. The maximum absolute atomic E-state index is 5.25. The molecular weight excluding hydrogens is 206 g/mol. The minimum Gasteiger partial charge on any atom is -0.383 e. The van der Waals surface area contributed by atoms with Crippen molar-refractivity contribution in [1.29, 1.82) is 0 Å². The van der Waals surface area contributed by atoms with Crippen molar-refractivity contribution in [2.75, 3.05) is 26.0 Å². The van der Waals surface area contributed by atoms with Gasteiger partial charge in [-0.3, -0.25) is 0 Å². The Balaban J connectivity index is 2.11. The Morgan fingerprint density at radius 1 is 1.53 bits per heavy atom. The first-order chi connectivity index (χ1) is 7.36. The van der Waals surface area contributed by atoms with Gasteiger partial charge in [0.1, 0.15) is 0 Å². The van der Waals surface area contributed by atoms with Crippen molar-refractivity contribution in [3.8, 4) is 0 Å². The number of ether oxygens (including phenoxy) is 1. The summed E-state index contributed by atoms with van der Waals surface area (Å²) in [5.74, 6) is 1.36. The van der Waals surface area contributed by atoms with Crippen molar-refractivity contribution in [1.82, 2.24) is 5.32 Å². The highest BCUT2D eigenvalue weighted by Gasteiger charge is 2.16. The van der Waals surface area contributed by atoms with E-state index in [1.54, 1.807) is 7.11 Å². The molecule has 0 aromatic rings. The zero-order chi connectivity index (χ0) is 10.9. The standard InChI is InChI=1S/C12H25NOS/c1-3-4-6-11(10-14-2)13-9-12-7-5-8-15-12/h11-13H,3-10H2,1-2H3. The Labute approximate surface area is 98.5 Å². The van der Waals surface area contributed by atoms with Gasteiger partial charge in [0.2, 0.25) is 0 Å². The summed E-state index contributed by atoms with van der Waals surface area (Å²) in [4.78, 5) is 0. The normalized spacial score (nSPS) is 23.2. The van der Waals surface area contributed by atoms with E-state index in [0.29, 0.717) is 6.04 Å². The van der Waals surface area contributed by atoms with Gasteiger partial charge in [-0.2, -0.15) is 11.8 Å². The summed E-state index contributed by atoms with van der Waals surface area (Å²) < 4.78 is 5.25. The average molecular weight is 231 g/mol. The maximum atomic E-state index is 5.25. The second-order valence-electron chi connectivity index (χ2n) is 4.34. The van der Waals surface area contributed by atoms with Gasteiger partial charge in [-0.1, -0.05) is 19.8 Å². The van der Waals surface area contributed by atoms with Gasteiger partial charge in [0.25, 0.3) is 0 Å². The Hall–Kier alpha value is 0.270. The molecule has 90 valence electrons. The minimum absolute atomic E-state index is 0.566. The van der Waals surface area contributed by atoms with Gasteiger partial charge in [0.15, 0.2) is 0 Å². The molecule has 0 amide bonds. The molecule has 0 saturated carbocycles. The first-order valence-corrected chi connectivity index (χ1v) is 7.25. The molecule has 0 bridgehead atoms. The molecule has 1 N–H and O–H groups in total. The molecule has 0 aromatic carbocycles. The third kappa shape index (κ3) is 5.79. The molecule has 0 aliphatic carbocycles. The van der Waals surface area contributed by atoms with E-state index in [1.165, 1.54) is 44.4 Å². The van der Waals surface area contributed by atoms with Crippen LogP contribution in [0.5, 0.6) is 0 Å². The van der Waals surface area contributed by atoms with E-state index < -0.39 is 0 Å². The van der Waals surface area contributed by atoms with E-state index in [0.717, 1.165) is 11.9 Å². The summed E-state index contributed by atoms with van der Waals surface area (Å²) in [7, 11) is 1.80. The predicted octanol–water partition coefficient (Wildman–Crippen LogP) is 2.68. The number of unbranched alkanes of at least 4 members (excludes halogenated alkanes) is 1. The first kappa shape index (κ1) is 13.3. The van der Waals surface area contributed by atoms with Gasteiger partial charge < -0.3 is 10.1 Å². The van der Waals surface area contributed by atoms with Crippen molar-refractivity contribution >= 4 is 11.8 Å². The van der Waals surface area contributed by atoms with Gasteiger partial charge in [-0.05, 0) is 25.0 Å². The lowest BCUT2D eigenvalue weighted by Crippen LogP contribution is -2.37. The summed E-state index contributed by atoms with van der Waals surface area (Å²) in [5, 5.41) is 4.50. The number of nitrogens with one attached hydrogen (secondary N) is 1. The van der Waals surface area contributed by atoms with Crippen LogP contribution in [0.1, 0.15) is 39.0 Å². The molecule has 0 radical (unpaired) electrons. The first-order valence-electron chi connectivity index (χ1n) is 6.20. The molecule has 0 aromatic heterocycles. The van der Waals surface area contributed by atoms with Gasteiger partial charge in [0, 0.05) is 24.9 Å². The molecule has 2 unspecified atom stereocenters. The van der Waals surface area contributed by atoms with Crippen LogP contribution in [0.15, 0.2) is 0 Å². The number of hydrogen-bond acceptors (Lipinski definition) is 3. The van der Waals surface area contributed by atoms with E-state index in [4.69, 9.17) is 4.74 Å². The Morgan fingerprint density at radius 3 is 3.00 bits per heavy atom. The second-order valence-corrected chi connectivity index (χ2v) is 5.75. The van der Waals surface area contributed by atoms with Crippen molar-refractivity contribution in [2.24, 2.45) is 0 Å². The minimum atomic E-state index is 0.566. The molecular formula is C12H25NOS. The zero-order valence-electron chi connectivity index (χ0n) is 10.1. The van der Waals surface area contributed by atoms with Gasteiger partial charge in [0.05, 0.1) is 6.61 Å². The summed E-state index contributed by atoms with van der Waals surface area (Å²) in [6.45, 7) is 4.27. The van der Waals surface area contributed by atoms with Crippen LogP contribution in [0.3, 0.4) is 0 Å². The zero-order valence-corrected chi connectivity index (χ0v) is 10.9. The topological polar surface area (TPSA) is 21.3 Å². The van der Waals surface area contributed by atoms with Crippen LogP contribution in [0, 0.1) is 0 Å². The van der Waals surface area contributed by atoms with E-state index in [2.05, 4.69) is 24.0 Å². The summed E-state index contributed by atoms with van der Waals surface area (Å²) in [6.07, 6.45) is 6.63. The molecule has 1 rings (SSSR count). The van der Waals surface area contributed by atoms with Crippen molar-refractivity contribution in [3.05, 3.63) is 0 Å². The fourth-order valence-electron chi connectivity index (χ4n) is 2.00. The van der Waals surface area contributed by atoms with Crippen LogP contribution >= 0.6 is 11.8 Å². The van der Waals surface area contributed by atoms with Gasteiger partial charge in [-0.25, -0.2) is 0 Å². The Morgan fingerprint density at radius 2 is 2.40 bits per heavy atom. The van der Waals surface area contributed by atoms with Crippen molar-refractivity contribution in [3.63, 3.8) is 0 Å². The summed E-state index contributed by atoms with van der Waals surface area (Å²) in [5.41, 5.74) is 0. The molecule has 1 heterocycles. The molecule has 0 spiro atoms. The highest BCUT2D eigenvalue weighted by atomic mass is 32.2. The van der Waals surface area contributed by atoms with E-state index in [1.807, 2.05) is 0 Å². The third-order valence-electron chi connectivity index (χ3n) is 2.93. The number of rotatable bonds is 8. The SMILES string of the molecule is CCCCC(COC)NCC1CCCS1. The molecule has 2 atom stereocenters. The molecule has 1 aliphatic rings. The van der Waals surface area contributed by atoms with Crippen LogP contribution in [0.2, 0.25) is 0 Å². The van der Waals surface area contributed by atoms with Crippen LogP contribution < -0.4 is 5.32 Å². The van der Waals surface area contributed by atoms with Crippen LogP contribution in [-0.2, 0) is 4.74 Å². The lowest BCUT2D eigenvalue weighted by molar-refractivity contribution is 0.161. The van der Waals surface area contributed by atoms with Crippen molar-refractivity contribution in [2.45, 2.75) is 50.3 Å². The van der Waals surface area contributed by atoms with Gasteiger partial charge in [-0.15, -0.1) is 0 Å². The summed E-state index contributed by atoms with van der Waals surface area (Å²) >= 11 is 2.12. The smallest absolute Gasteiger partial charge is 0.0615 e.